The first kappa shape index (κ1) is 22.4. The fourth-order valence-corrected chi connectivity index (χ4v) is 4.41. The Balaban J connectivity index is 1.76. The maximum atomic E-state index is 13.7. The lowest BCUT2D eigenvalue weighted by Gasteiger charge is -2.42. The van der Waals surface area contributed by atoms with Gasteiger partial charge in [0.2, 0.25) is 11.8 Å². The Morgan fingerprint density at radius 1 is 0.879 bits per heavy atom. The molecular weight excluding hydrogens is 416 g/mol. The molecule has 2 atom stereocenters. The van der Waals surface area contributed by atoms with Gasteiger partial charge < -0.3 is 19.3 Å². The van der Waals surface area contributed by atoms with Crippen molar-refractivity contribution < 1.29 is 19.1 Å². The molecule has 0 saturated carbocycles. The number of hydrogen-bond donors (Lipinski definition) is 0. The Kier molecular flexibility index (Phi) is 6.63. The van der Waals surface area contributed by atoms with Crippen molar-refractivity contribution >= 4 is 23.2 Å². The molecule has 0 aliphatic carbocycles. The number of piperidine rings is 1. The van der Waals surface area contributed by atoms with Crippen molar-refractivity contribution in [1.29, 1.82) is 0 Å². The van der Waals surface area contributed by atoms with Crippen LogP contribution in [0.25, 0.3) is 0 Å². The summed E-state index contributed by atoms with van der Waals surface area (Å²) in [6.45, 7) is 0. The number of carbonyl (C=O) groups excluding carboxylic acids is 2. The molecule has 0 N–H and O–H groups in total. The van der Waals surface area contributed by atoms with Gasteiger partial charge in [0, 0.05) is 24.8 Å². The molecule has 1 fully saturated rings. The van der Waals surface area contributed by atoms with Crippen LogP contribution in [-0.2, 0) is 9.59 Å². The summed E-state index contributed by atoms with van der Waals surface area (Å²) in [6, 6.07) is 24.1. The van der Waals surface area contributed by atoms with Crippen LogP contribution in [0, 0.1) is 5.92 Å². The number of nitrogens with zero attached hydrogens (tertiary/aromatic N) is 2. The van der Waals surface area contributed by atoms with E-state index in [2.05, 4.69) is 0 Å². The average molecular weight is 445 g/mol. The first-order valence-corrected chi connectivity index (χ1v) is 11.0. The number of methoxy groups -OCH3 is 2. The lowest BCUT2D eigenvalue weighted by atomic mass is 9.82. The number of carbonyl (C=O) groups is 2. The zero-order chi connectivity index (χ0) is 23.4. The van der Waals surface area contributed by atoms with Gasteiger partial charge in [-0.3, -0.25) is 9.59 Å². The largest absolute Gasteiger partial charge is 0.497 e. The van der Waals surface area contributed by atoms with Gasteiger partial charge >= 0.3 is 0 Å². The molecule has 2 amide bonds. The molecule has 0 spiro atoms. The van der Waals surface area contributed by atoms with Crippen molar-refractivity contribution in [2.75, 3.05) is 31.1 Å². The molecule has 0 aromatic heterocycles. The van der Waals surface area contributed by atoms with Crippen LogP contribution in [-0.4, -0.2) is 33.1 Å². The second-order valence-corrected chi connectivity index (χ2v) is 8.06. The van der Waals surface area contributed by atoms with E-state index in [1.807, 2.05) is 78.9 Å². The third kappa shape index (κ3) is 4.55. The maximum Gasteiger partial charge on any atom is 0.232 e. The van der Waals surface area contributed by atoms with Gasteiger partial charge in [-0.1, -0.05) is 30.3 Å². The van der Waals surface area contributed by atoms with Crippen LogP contribution in [0.15, 0.2) is 78.9 Å². The van der Waals surface area contributed by atoms with Gasteiger partial charge in [-0.25, -0.2) is 0 Å². The minimum Gasteiger partial charge on any atom is -0.497 e. The van der Waals surface area contributed by atoms with Crippen LogP contribution in [0.3, 0.4) is 0 Å². The molecular formula is C27H28N2O4. The molecule has 170 valence electrons. The van der Waals surface area contributed by atoms with Crippen LogP contribution in [0.2, 0.25) is 0 Å². The third-order valence-electron chi connectivity index (χ3n) is 6.20. The molecule has 3 aromatic carbocycles. The lowest BCUT2D eigenvalue weighted by molar-refractivity contribution is -0.127. The first-order valence-electron chi connectivity index (χ1n) is 11.0. The maximum absolute atomic E-state index is 13.7. The predicted octanol–water partition coefficient (Wildman–Crippen LogP) is 4.85. The zero-order valence-corrected chi connectivity index (χ0v) is 19.1. The Hall–Kier alpha value is -3.80. The van der Waals surface area contributed by atoms with E-state index < -0.39 is 12.0 Å². The van der Waals surface area contributed by atoms with E-state index >= 15 is 0 Å². The second kappa shape index (κ2) is 9.77. The van der Waals surface area contributed by atoms with E-state index in [0.717, 1.165) is 22.7 Å². The molecule has 1 aliphatic heterocycles. The standard InChI is InChI=1S/C27H28N2O4/c1-28(20-7-5-4-6-8-20)27(31)24-17-18-25(30)29(21-11-15-23(33-3)16-12-21)26(24)19-9-13-22(32-2)14-10-19/h4-16,24,26H,17-18H2,1-3H3. The average Bonchev–Trinajstić information content (AvgIpc) is 2.88. The van der Waals surface area contributed by atoms with Crippen LogP contribution >= 0.6 is 0 Å². The Morgan fingerprint density at radius 3 is 2.03 bits per heavy atom. The molecule has 2 unspecified atom stereocenters. The molecule has 33 heavy (non-hydrogen) atoms. The predicted molar refractivity (Wildman–Crippen MR) is 129 cm³/mol. The van der Waals surface area contributed by atoms with Crippen LogP contribution < -0.4 is 19.3 Å². The quantitative estimate of drug-likeness (QED) is 0.545. The fourth-order valence-electron chi connectivity index (χ4n) is 4.41. The van der Waals surface area contributed by atoms with E-state index in [1.54, 1.807) is 31.1 Å². The minimum absolute atomic E-state index is 0.00704. The molecule has 1 heterocycles. The summed E-state index contributed by atoms with van der Waals surface area (Å²) in [4.78, 5) is 30.4. The SMILES string of the molecule is COc1ccc(C2C(C(=O)N(C)c3ccccc3)CCC(=O)N2c2ccc(OC)cc2)cc1. The number of para-hydroxylation sites is 1. The van der Waals surface area contributed by atoms with Crippen molar-refractivity contribution in [2.45, 2.75) is 18.9 Å². The van der Waals surface area contributed by atoms with E-state index in [1.165, 1.54) is 0 Å². The third-order valence-corrected chi connectivity index (χ3v) is 6.20. The van der Waals surface area contributed by atoms with Gasteiger partial charge in [0.15, 0.2) is 0 Å². The van der Waals surface area contributed by atoms with Gasteiger partial charge in [0.25, 0.3) is 0 Å². The molecule has 6 nitrogen and oxygen atoms in total. The Morgan fingerprint density at radius 2 is 1.45 bits per heavy atom. The molecule has 4 rings (SSSR count). The van der Waals surface area contributed by atoms with Crippen molar-refractivity contribution in [2.24, 2.45) is 5.92 Å². The Labute approximate surface area is 194 Å². The van der Waals surface area contributed by atoms with Gasteiger partial charge in [0.1, 0.15) is 11.5 Å². The zero-order valence-electron chi connectivity index (χ0n) is 19.1. The molecule has 6 heteroatoms. The normalized spacial score (nSPS) is 18.0. The number of rotatable bonds is 6. The van der Waals surface area contributed by atoms with E-state index in [0.29, 0.717) is 18.6 Å². The second-order valence-electron chi connectivity index (χ2n) is 8.06. The number of amides is 2. The minimum atomic E-state index is -0.441. The summed E-state index contributed by atoms with van der Waals surface area (Å²) in [5.74, 6) is 1.01. The van der Waals surface area contributed by atoms with Gasteiger partial charge in [-0.2, -0.15) is 0 Å². The van der Waals surface area contributed by atoms with Gasteiger partial charge in [0.05, 0.1) is 26.2 Å². The molecule has 3 aromatic rings. The summed E-state index contributed by atoms with van der Waals surface area (Å²) in [5, 5.41) is 0. The fraction of sp³-hybridized carbons (Fsp3) is 0.259. The highest BCUT2D eigenvalue weighted by atomic mass is 16.5. The summed E-state index contributed by atoms with van der Waals surface area (Å²) >= 11 is 0. The number of anilines is 2. The summed E-state index contributed by atoms with van der Waals surface area (Å²) < 4.78 is 10.6. The number of benzene rings is 3. The molecule has 0 bridgehead atoms. The summed E-state index contributed by atoms with van der Waals surface area (Å²) in [7, 11) is 5.01. The monoisotopic (exact) mass is 444 g/mol. The molecule has 0 radical (unpaired) electrons. The molecule has 1 aliphatic rings. The highest BCUT2D eigenvalue weighted by Crippen LogP contribution is 2.41. The highest BCUT2D eigenvalue weighted by Gasteiger charge is 2.42. The molecule has 1 saturated heterocycles. The topological polar surface area (TPSA) is 59.1 Å². The lowest BCUT2D eigenvalue weighted by Crippen LogP contribution is -2.48. The van der Waals surface area contributed by atoms with Gasteiger partial charge in [-0.15, -0.1) is 0 Å². The Bertz CT molecular complexity index is 1100. The highest BCUT2D eigenvalue weighted by molar-refractivity contribution is 6.01. The number of ether oxygens (including phenoxy) is 2. The summed E-state index contributed by atoms with van der Waals surface area (Å²) in [5.41, 5.74) is 2.45. The van der Waals surface area contributed by atoms with Crippen molar-refractivity contribution in [3.63, 3.8) is 0 Å². The van der Waals surface area contributed by atoms with Crippen molar-refractivity contribution in [3.05, 3.63) is 84.4 Å². The summed E-state index contributed by atoms with van der Waals surface area (Å²) in [6.07, 6.45) is 0.788. The van der Waals surface area contributed by atoms with Crippen molar-refractivity contribution in [3.8, 4) is 11.5 Å². The van der Waals surface area contributed by atoms with Crippen LogP contribution in [0.1, 0.15) is 24.4 Å². The smallest absolute Gasteiger partial charge is 0.232 e. The van der Waals surface area contributed by atoms with E-state index in [-0.39, 0.29) is 11.8 Å². The van der Waals surface area contributed by atoms with E-state index in [9.17, 15) is 9.59 Å². The van der Waals surface area contributed by atoms with Gasteiger partial charge in [-0.05, 0) is 60.5 Å². The van der Waals surface area contributed by atoms with Crippen LogP contribution in [0.5, 0.6) is 11.5 Å². The van der Waals surface area contributed by atoms with Crippen molar-refractivity contribution in [1.82, 2.24) is 0 Å². The van der Waals surface area contributed by atoms with E-state index in [4.69, 9.17) is 9.47 Å². The number of hydrogen-bond acceptors (Lipinski definition) is 4. The van der Waals surface area contributed by atoms with Crippen LogP contribution in [0.4, 0.5) is 11.4 Å². The first-order chi connectivity index (χ1) is 16.0.